The molecule has 0 aliphatic carbocycles. The first kappa shape index (κ1) is 29.6. The van der Waals surface area contributed by atoms with Crippen molar-refractivity contribution in [2.75, 3.05) is 25.2 Å². The molecule has 0 spiro atoms. The zero-order chi connectivity index (χ0) is 24.7. The highest BCUT2D eigenvalue weighted by atomic mass is 32.2. The van der Waals surface area contributed by atoms with Crippen LogP contribution >= 0.6 is 11.8 Å². The van der Waals surface area contributed by atoms with Gasteiger partial charge in [-0.2, -0.15) is 11.8 Å². The molecule has 0 rings (SSSR count). The van der Waals surface area contributed by atoms with E-state index < -0.39 is 66.9 Å². The average Bonchev–Trinajstić information content (AvgIpc) is 2.73. The molecule has 4 unspecified atom stereocenters. The highest BCUT2D eigenvalue weighted by Gasteiger charge is 2.31. The van der Waals surface area contributed by atoms with E-state index in [1.54, 1.807) is 6.26 Å². The summed E-state index contributed by atoms with van der Waals surface area (Å²) in [5, 5.41) is 34.2. The minimum absolute atomic E-state index is 0.104. The molecule has 10 N–H and O–H groups in total. The lowest BCUT2D eigenvalue weighted by Gasteiger charge is -2.24. The number of aliphatic hydroxyl groups excluding tert-OH is 1. The van der Waals surface area contributed by atoms with E-state index in [9.17, 15) is 29.1 Å². The number of aliphatic carboxylic acids is 2. The second-order valence-electron chi connectivity index (χ2n) is 6.97. The number of rotatable bonds is 17. The summed E-state index contributed by atoms with van der Waals surface area (Å²) in [6, 6.07) is -5.27. The Morgan fingerprint density at radius 2 is 1.44 bits per heavy atom. The summed E-state index contributed by atoms with van der Waals surface area (Å²) in [4.78, 5) is 59.8. The Morgan fingerprint density at radius 3 is 1.94 bits per heavy atom. The molecule has 0 aromatic carbocycles. The van der Waals surface area contributed by atoms with Gasteiger partial charge in [0.25, 0.3) is 0 Å². The quantitative estimate of drug-likeness (QED) is 0.0992. The first-order chi connectivity index (χ1) is 15.1. The normalized spacial score (nSPS) is 14.5. The Bertz CT molecular complexity index is 651. The Balaban J connectivity index is 5.42. The van der Waals surface area contributed by atoms with Crippen molar-refractivity contribution in [1.29, 1.82) is 0 Å². The molecule has 14 heteroatoms. The van der Waals surface area contributed by atoms with Gasteiger partial charge in [0.15, 0.2) is 0 Å². The molecule has 0 aromatic heterocycles. The molecule has 0 aliphatic rings. The predicted octanol–water partition coefficient (Wildman–Crippen LogP) is -2.80. The third-order valence-electron chi connectivity index (χ3n) is 4.35. The number of hydrogen-bond acceptors (Lipinski definition) is 9. The SMILES string of the molecule is CSCCC(NC(=O)C(CC(=O)O)NC(=O)C(CCCCN)NC(=O)C(N)CO)C(=O)O. The van der Waals surface area contributed by atoms with E-state index >= 15 is 0 Å². The van der Waals surface area contributed by atoms with E-state index in [4.69, 9.17) is 21.7 Å². The monoisotopic (exact) mass is 479 g/mol. The lowest BCUT2D eigenvalue weighted by Crippen LogP contribution is -2.57. The van der Waals surface area contributed by atoms with Crippen molar-refractivity contribution < 1.29 is 39.3 Å². The molecule has 0 saturated heterocycles. The van der Waals surface area contributed by atoms with Crippen LogP contribution in [0.4, 0.5) is 0 Å². The van der Waals surface area contributed by atoms with E-state index in [2.05, 4.69) is 16.0 Å². The van der Waals surface area contributed by atoms with Crippen molar-refractivity contribution in [3.05, 3.63) is 0 Å². The number of thioether (sulfide) groups is 1. The van der Waals surface area contributed by atoms with Gasteiger partial charge in [-0.15, -0.1) is 0 Å². The number of amides is 3. The van der Waals surface area contributed by atoms with Gasteiger partial charge in [-0.05, 0) is 44.2 Å². The van der Waals surface area contributed by atoms with Crippen molar-refractivity contribution in [3.63, 3.8) is 0 Å². The van der Waals surface area contributed by atoms with Crippen LogP contribution in [-0.2, 0) is 24.0 Å². The number of carboxylic acid groups (broad SMARTS) is 2. The van der Waals surface area contributed by atoms with Crippen LogP contribution in [0.3, 0.4) is 0 Å². The smallest absolute Gasteiger partial charge is 0.326 e. The summed E-state index contributed by atoms with van der Waals surface area (Å²) in [6.45, 7) is -0.311. The van der Waals surface area contributed by atoms with Crippen LogP contribution in [0.5, 0.6) is 0 Å². The van der Waals surface area contributed by atoms with E-state index in [1.165, 1.54) is 11.8 Å². The summed E-state index contributed by atoms with van der Waals surface area (Å²) in [7, 11) is 0. The molecular formula is C18H33N5O8S. The van der Waals surface area contributed by atoms with Gasteiger partial charge in [0, 0.05) is 0 Å². The Labute approximate surface area is 190 Å². The van der Waals surface area contributed by atoms with Gasteiger partial charge in [-0.3, -0.25) is 19.2 Å². The Hall–Kier alpha value is -2.42. The van der Waals surface area contributed by atoms with Crippen molar-refractivity contribution in [2.24, 2.45) is 11.5 Å². The molecule has 0 radical (unpaired) electrons. The number of aliphatic hydroxyl groups is 1. The molecule has 0 fully saturated rings. The molecule has 32 heavy (non-hydrogen) atoms. The molecule has 0 heterocycles. The molecule has 13 nitrogen and oxygen atoms in total. The number of hydrogen-bond donors (Lipinski definition) is 8. The maximum atomic E-state index is 12.7. The summed E-state index contributed by atoms with van der Waals surface area (Å²) >= 11 is 1.37. The van der Waals surface area contributed by atoms with Gasteiger partial charge in [-0.25, -0.2) is 4.79 Å². The van der Waals surface area contributed by atoms with Gasteiger partial charge < -0.3 is 42.7 Å². The number of unbranched alkanes of at least 4 members (excludes halogenated alkanes) is 1. The maximum Gasteiger partial charge on any atom is 0.326 e. The molecule has 0 bridgehead atoms. The van der Waals surface area contributed by atoms with Crippen molar-refractivity contribution in [1.82, 2.24) is 16.0 Å². The fraction of sp³-hybridized carbons (Fsp3) is 0.722. The first-order valence-corrected chi connectivity index (χ1v) is 11.4. The minimum Gasteiger partial charge on any atom is -0.481 e. The average molecular weight is 480 g/mol. The fourth-order valence-electron chi connectivity index (χ4n) is 2.54. The lowest BCUT2D eigenvalue weighted by molar-refractivity contribution is -0.143. The minimum atomic E-state index is -1.57. The van der Waals surface area contributed by atoms with Crippen LogP contribution in [0.2, 0.25) is 0 Å². The van der Waals surface area contributed by atoms with E-state index in [1.807, 2.05) is 0 Å². The van der Waals surface area contributed by atoms with Crippen LogP contribution in [0, 0.1) is 0 Å². The molecule has 184 valence electrons. The fourth-order valence-corrected chi connectivity index (χ4v) is 3.02. The number of carbonyl (C=O) groups is 5. The maximum absolute atomic E-state index is 12.7. The largest absolute Gasteiger partial charge is 0.481 e. The number of nitrogens with two attached hydrogens (primary N) is 2. The van der Waals surface area contributed by atoms with E-state index in [-0.39, 0.29) is 12.8 Å². The number of nitrogens with one attached hydrogen (secondary N) is 3. The first-order valence-electron chi connectivity index (χ1n) is 9.98. The van der Waals surface area contributed by atoms with Gasteiger partial charge in [-0.1, -0.05) is 0 Å². The second kappa shape index (κ2) is 16.2. The summed E-state index contributed by atoms with van der Waals surface area (Å²) < 4.78 is 0. The van der Waals surface area contributed by atoms with Crippen LogP contribution < -0.4 is 27.4 Å². The van der Waals surface area contributed by atoms with Crippen LogP contribution in [-0.4, -0.2) is 94.3 Å². The summed E-state index contributed by atoms with van der Waals surface area (Å²) in [6.07, 6.45) is 2.17. The highest BCUT2D eigenvalue weighted by molar-refractivity contribution is 7.98. The molecule has 0 saturated carbocycles. The standard InChI is InChI=1S/C18H33N5O8S/c1-32-7-5-12(18(30)31)22-17(29)13(8-14(25)26)23-16(28)11(4-2-3-6-19)21-15(27)10(20)9-24/h10-13,24H,2-9,19-20H2,1H3,(H,21,27)(H,22,29)(H,23,28)(H,25,26)(H,30,31). The van der Waals surface area contributed by atoms with Crippen LogP contribution in [0.15, 0.2) is 0 Å². The van der Waals surface area contributed by atoms with Gasteiger partial charge in [0.1, 0.15) is 24.2 Å². The summed E-state index contributed by atoms with van der Waals surface area (Å²) in [5.74, 6) is -4.88. The lowest BCUT2D eigenvalue weighted by atomic mass is 10.1. The summed E-state index contributed by atoms with van der Waals surface area (Å²) in [5.41, 5.74) is 10.9. The van der Waals surface area contributed by atoms with Crippen molar-refractivity contribution in [2.45, 2.75) is 56.3 Å². The van der Waals surface area contributed by atoms with Gasteiger partial charge in [0.05, 0.1) is 13.0 Å². The van der Waals surface area contributed by atoms with Gasteiger partial charge >= 0.3 is 11.9 Å². The zero-order valence-electron chi connectivity index (χ0n) is 17.9. The van der Waals surface area contributed by atoms with E-state index in [0.29, 0.717) is 25.1 Å². The van der Waals surface area contributed by atoms with Gasteiger partial charge in [0.2, 0.25) is 17.7 Å². The Morgan fingerprint density at radius 1 is 0.875 bits per heavy atom. The highest BCUT2D eigenvalue weighted by Crippen LogP contribution is 2.05. The molecule has 0 aliphatic heterocycles. The topological polar surface area (TPSA) is 234 Å². The van der Waals surface area contributed by atoms with Crippen molar-refractivity contribution >= 4 is 41.4 Å². The third kappa shape index (κ3) is 11.8. The molecule has 4 atom stereocenters. The third-order valence-corrected chi connectivity index (χ3v) is 4.99. The number of carboxylic acids is 2. The molecule has 3 amide bonds. The van der Waals surface area contributed by atoms with Crippen LogP contribution in [0.1, 0.15) is 32.1 Å². The molecular weight excluding hydrogens is 446 g/mol. The zero-order valence-corrected chi connectivity index (χ0v) is 18.7. The van der Waals surface area contributed by atoms with Crippen molar-refractivity contribution in [3.8, 4) is 0 Å². The predicted molar refractivity (Wildman–Crippen MR) is 117 cm³/mol. The second-order valence-corrected chi connectivity index (χ2v) is 7.96. The number of carbonyl (C=O) groups excluding carboxylic acids is 3. The van der Waals surface area contributed by atoms with E-state index in [0.717, 1.165) is 0 Å². The van der Waals surface area contributed by atoms with Crippen LogP contribution in [0.25, 0.3) is 0 Å². The Kier molecular flexibility index (Phi) is 15.0. The molecule has 0 aromatic rings.